The number of aliphatic hydroxyl groups is 1. The van der Waals surface area contributed by atoms with E-state index in [-0.39, 0.29) is 11.5 Å². The van der Waals surface area contributed by atoms with Crippen molar-refractivity contribution in [1.29, 1.82) is 0 Å². The van der Waals surface area contributed by atoms with E-state index in [1.54, 1.807) is 24.3 Å². The Morgan fingerprint density at radius 2 is 1.85 bits per heavy atom. The minimum absolute atomic E-state index is 0.157. The van der Waals surface area contributed by atoms with Crippen LogP contribution in [0, 0.1) is 5.92 Å². The first-order valence-corrected chi connectivity index (χ1v) is 9.05. The molecule has 1 aliphatic rings. The summed E-state index contributed by atoms with van der Waals surface area (Å²) in [6, 6.07) is 6.51. The number of hydrogen-bond donors (Lipinski definition) is 2. The lowest BCUT2D eigenvalue weighted by molar-refractivity contribution is 0.125. The lowest BCUT2D eigenvalue weighted by atomic mass is 9.78. The number of hydrogen-bond acceptors (Lipinski definition) is 3. The van der Waals surface area contributed by atoms with Gasteiger partial charge in [0.15, 0.2) is 0 Å². The van der Waals surface area contributed by atoms with E-state index < -0.39 is 15.6 Å². The smallest absolute Gasteiger partial charge is 0.241 e. The molecule has 0 aromatic heterocycles. The quantitative estimate of drug-likeness (QED) is 0.866. The van der Waals surface area contributed by atoms with Gasteiger partial charge in [-0.15, -0.1) is 0 Å². The first-order valence-electron chi connectivity index (χ1n) is 6.77. The van der Waals surface area contributed by atoms with E-state index in [0.717, 1.165) is 17.3 Å². The van der Waals surface area contributed by atoms with Gasteiger partial charge in [-0.1, -0.05) is 22.9 Å². The first kappa shape index (κ1) is 15.9. The molecule has 0 heterocycles. The number of aliphatic hydroxyl groups excluding tert-OH is 1. The predicted molar refractivity (Wildman–Crippen MR) is 81.9 cm³/mol. The summed E-state index contributed by atoms with van der Waals surface area (Å²) < 4.78 is 28.4. The van der Waals surface area contributed by atoms with Gasteiger partial charge in [-0.05, 0) is 55.9 Å². The summed E-state index contributed by atoms with van der Waals surface area (Å²) in [6.07, 6.45) is 3.23. The summed E-state index contributed by atoms with van der Waals surface area (Å²) in [6.45, 7) is 2.00. The fourth-order valence-corrected chi connectivity index (χ4v) is 4.28. The van der Waals surface area contributed by atoms with Gasteiger partial charge in [0.25, 0.3) is 0 Å². The van der Waals surface area contributed by atoms with Crippen LogP contribution in [-0.4, -0.2) is 25.7 Å². The third-order valence-electron chi connectivity index (χ3n) is 4.01. The molecule has 1 aromatic carbocycles. The molecule has 2 rings (SSSR count). The molecule has 1 saturated carbocycles. The molecule has 0 saturated heterocycles. The van der Waals surface area contributed by atoms with Gasteiger partial charge in [-0.25, -0.2) is 13.1 Å². The molecule has 6 heteroatoms. The zero-order valence-corrected chi connectivity index (χ0v) is 13.9. The van der Waals surface area contributed by atoms with E-state index >= 15 is 0 Å². The minimum Gasteiger partial charge on any atom is -0.394 e. The molecule has 2 N–H and O–H groups in total. The Morgan fingerprint density at radius 1 is 1.30 bits per heavy atom. The maximum atomic E-state index is 12.4. The Hall–Kier alpha value is -0.430. The van der Waals surface area contributed by atoms with Gasteiger partial charge in [0, 0.05) is 4.47 Å². The van der Waals surface area contributed by atoms with Crippen molar-refractivity contribution in [2.75, 3.05) is 6.61 Å². The van der Waals surface area contributed by atoms with Crippen LogP contribution in [0.5, 0.6) is 0 Å². The van der Waals surface area contributed by atoms with Crippen LogP contribution in [-0.2, 0) is 10.0 Å². The summed E-state index contributed by atoms with van der Waals surface area (Å²) in [4.78, 5) is 0.229. The molecule has 1 fully saturated rings. The van der Waals surface area contributed by atoms with E-state index in [2.05, 4.69) is 27.6 Å². The van der Waals surface area contributed by atoms with Crippen molar-refractivity contribution in [3.05, 3.63) is 28.7 Å². The second-order valence-corrected chi connectivity index (χ2v) is 8.28. The summed E-state index contributed by atoms with van der Waals surface area (Å²) >= 11 is 3.29. The van der Waals surface area contributed by atoms with E-state index in [1.165, 1.54) is 0 Å². The van der Waals surface area contributed by atoms with Crippen molar-refractivity contribution < 1.29 is 13.5 Å². The second-order valence-electron chi connectivity index (χ2n) is 5.68. The Balaban J connectivity index is 2.20. The summed E-state index contributed by atoms with van der Waals surface area (Å²) in [5.41, 5.74) is -0.710. The van der Waals surface area contributed by atoms with Crippen molar-refractivity contribution in [2.45, 2.75) is 43.0 Å². The van der Waals surface area contributed by atoms with E-state index in [0.29, 0.717) is 18.8 Å². The molecule has 0 spiro atoms. The van der Waals surface area contributed by atoms with Gasteiger partial charge in [-0.2, -0.15) is 0 Å². The SMILES string of the molecule is CC1CCC(CO)(NS(=O)(=O)c2ccc(Br)cc2)CC1. The van der Waals surface area contributed by atoms with Crippen LogP contribution in [0.15, 0.2) is 33.6 Å². The largest absolute Gasteiger partial charge is 0.394 e. The van der Waals surface area contributed by atoms with Crippen LogP contribution >= 0.6 is 15.9 Å². The van der Waals surface area contributed by atoms with Crippen molar-refractivity contribution in [3.8, 4) is 0 Å². The molecule has 0 aliphatic heterocycles. The maximum Gasteiger partial charge on any atom is 0.241 e. The average Bonchev–Trinajstić information content (AvgIpc) is 2.42. The lowest BCUT2D eigenvalue weighted by Crippen LogP contribution is -2.53. The van der Waals surface area contributed by atoms with E-state index in [1.807, 2.05) is 0 Å². The van der Waals surface area contributed by atoms with Crippen molar-refractivity contribution in [2.24, 2.45) is 5.92 Å². The van der Waals surface area contributed by atoms with Gasteiger partial charge in [0.2, 0.25) is 10.0 Å². The summed E-state index contributed by atoms with van der Waals surface area (Å²) in [5.74, 6) is 0.590. The monoisotopic (exact) mass is 361 g/mol. The fraction of sp³-hybridized carbons (Fsp3) is 0.571. The number of rotatable bonds is 4. The van der Waals surface area contributed by atoms with E-state index in [4.69, 9.17) is 0 Å². The molecule has 112 valence electrons. The van der Waals surface area contributed by atoms with Crippen LogP contribution in [0.4, 0.5) is 0 Å². The van der Waals surface area contributed by atoms with Gasteiger partial charge >= 0.3 is 0 Å². The predicted octanol–water partition coefficient (Wildman–Crippen LogP) is 2.67. The number of halogens is 1. The number of benzene rings is 1. The molecule has 1 aliphatic carbocycles. The molecule has 0 atom stereocenters. The first-order chi connectivity index (χ1) is 9.37. The van der Waals surface area contributed by atoms with Crippen molar-refractivity contribution >= 4 is 26.0 Å². The Bertz CT molecular complexity index is 548. The average molecular weight is 362 g/mol. The Morgan fingerprint density at radius 3 is 2.35 bits per heavy atom. The molecule has 1 aromatic rings. The molecular formula is C14H20BrNO3S. The molecule has 0 bridgehead atoms. The third-order valence-corrected chi connectivity index (χ3v) is 6.13. The van der Waals surface area contributed by atoms with Gasteiger partial charge in [-0.3, -0.25) is 0 Å². The highest BCUT2D eigenvalue weighted by Crippen LogP contribution is 2.33. The van der Waals surface area contributed by atoms with Gasteiger partial charge in [0.05, 0.1) is 17.0 Å². The summed E-state index contributed by atoms with van der Waals surface area (Å²) in [5, 5.41) is 9.65. The van der Waals surface area contributed by atoms with E-state index in [9.17, 15) is 13.5 Å². The molecule has 0 amide bonds. The zero-order valence-electron chi connectivity index (χ0n) is 11.5. The molecule has 4 nitrogen and oxygen atoms in total. The fourth-order valence-electron chi connectivity index (χ4n) is 2.56. The van der Waals surface area contributed by atoms with Crippen LogP contribution in [0.1, 0.15) is 32.6 Å². The standard InChI is InChI=1S/C14H20BrNO3S/c1-11-6-8-14(10-17,9-7-11)16-20(18,19)13-4-2-12(15)3-5-13/h2-5,11,16-17H,6-10H2,1H3. The van der Waals surface area contributed by atoms with Crippen LogP contribution in [0.2, 0.25) is 0 Å². The highest BCUT2D eigenvalue weighted by Gasteiger charge is 2.37. The maximum absolute atomic E-state index is 12.4. The Labute approximate surface area is 128 Å². The highest BCUT2D eigenvalue weighted by molar-refractivity contribution is 9.10. The van der Waals surface area contributed by atoms with Crippen LogP contribution in [0.3, 0.4) is 0 Å². The van der Waals surface area contributed by atoms with Crippen molar-refractivity contribution in [1.82, 2.24) is 4.72 Å². The molecule has 0 unspecified atom stereocenters. The topological polar surface area (TPSA) is 66.4 Å². The second kappa shape index (κ2) is 6.13. The highest BCUT2D eigenvalue weighted by atomic mass is 79.9. The van der Waals surface area contributed by atoms with Crippen LogP contribution < -0.4 is 4.72 Å². The third kappa shape index (κ3) is 3.61. The molecular weight excluding hydrogens is 342 g/mol. The summed E-state index contributed by atoms with van der Waals surface area (Å²) in [7, 11) is -3.60. The van der Waals surface area contributed by atoms with Crippen molar-refractivity contribution in [3.63, 3.8) is 0 Å². The minimum atomic E-state index is -3.60. The normalized spacial score (nSPS) is 27.4. The number of nitrogens with one attached hydrogen (secondary N) is 1. The van der Waals surface area contributed by atoms with Gasteiger partial charge in [0.1, 0.15) is 0 Å². The Kier molecular flexibility index (Phi) is 4.89. The molecule has 0 radical (unpaired) electrons. The van der Waals surface area contributed by atoms with Crippen LogP contribution in [0.25, 0.3) is 0 Å². The molecule has 20 heavy (non-hydrogen) atoms. The zero-order chi connectivity index (χ0) is 14.8. The van der Waals surface area contributed by atoms with Gasteiger partial charge < -0.3 is 5.11 Å². The lowest BCUT2D eigenvalue weighted by Gasteiger charge is -2.38. The number of sulfonamides is 1.